The summed E-state index contributed by atoms with van der Waals surface area (Å²) in [5.74, 6) is 0. The summed E-state index contributed by atoms with van der Waals surface area (Å²) in [5.41, 5.74) is 8.21. The Hall–Kier alpha value is -4.83. The number of benzene rings is 2. The van der Waals surface area contributed by atoms with Crippen LogP contribution in [0, 0.1) is 6.92 Å². The molecule has 0 aliphatic heterocycles. The normalized spacial score (nSPS) is 16.9. The van der Waals surface area contributed by atoms with Gasteiger partial charge in [0, 0.05) is 11.3 Å². The lowest BCUT2D eigenvalue weighted by Gasteiger charge is -2.10. The van der Waals surface area contributed by atoms with Crippen LogP contribution in [-0.2, 0) is 6.54 Å². The first kappa shape index (κ1) is 29.7. The molecule has 4 heteroatoms. The molecule has 2 aromatic carbocycles. The van der Waals surface area contributed by atoms with Gasteiger partial charge in [0.25, 0.3) is 0 Å². The molecule has 0 N–H and O–H groups in total. The molecule has 1 aliphatic rings. The van der Waals surface area contributed by atoms with Crippen molar-refractivity contribution in [2.45, 2.75) is 53.0 Å². The molecule has 0 saturated heterocycles. The fraction of sp³-hybridized carbons (Fsp3) is 0.205. The Morgan fingerprint density at radius 1 is 0.837 bits per heavy atom. The van der Waals surface area contributed by atoms with Gasteiger partial charge in [-0.15, -0.1) is 5.10 Å². The summed E-state index contributed by atoms with van der Waals surface area (Å²) in [7, 11) is 0. The van der Waals surface area contributed by atoms with Gasteiger partial charge in [0.1, 0.15) is 11.4 Å². The quantitative estimate of drug-likeness (QED) is 0.105. The number of nitrogens with zero attached hydrogens (tertiary/aromatic N) is 4. The van der Waals surface area contributed by atoms with Crippen LogP contribution in [0.25, 0.3) is 34.8 Å². The van der Waals surface area contributed by atoms with E-state index in [1.54, 1.807) is 0 Å². The second-order valence-corrected chi connectivity index (χ2v) is 10.8. The number of hydrogen-bond donors (Lipinski definition) is 0. The first-order chi connectivity index (χ1) is 21.2. The highest BCUT2D eigenvalue weighted by atomic mass is 15.4. The van der Waals surface area contributed by atoms with Gasteiger partial charge >= 0.3 is 0 Å². The van der Waals surface area contributed by atoms with Crippen molar-refractivity contribution in [3.63, 3.8) is 0 Å². The molecule has 4 nitrogen and oxygen atoms in total. The van der Waals surface area contributed by atoms with Gasteiger partial charge in [0.15, 0.2) is 0 Å². The first-order valence-corrected chi connectivity index (χ1v) is 15.2. The van der Waals surface area contributed by atoms with Crippen LogP contribution < -0.4 is 10.4 Å². The van der Waals surface area contributed by atoms with E-state index in [0.717, 1.165) is 46.4 Å². The molecule has 0 bridgehead atoms. The van der Waals surface area contributed by atoms with Crippen molar-refractivity contribution in [1.82, 2.24) is 20.0 Å². The minimum Gasteiger partial charge on any atom is -0.251 e. The van der Waals surface area contributed by atoms with Gasteiger partial charge in [-0.2, -0.15) is 0 Å². The zero-order chi connectivity index (χ0) is 29.9. The number of rotatable bonds is 11. The molecule has 0 unspecified atom stereocenters. The maximum Gasteiger partial charge on any atom is 0.122 e. The molecular formula is C39H40N4. The first-order valence-electron chi connectivity index (χ1n) is 15.2. The number of allylic oxidation sites excluding steroid dienone is 10. The third-order valence-corrected chi connectivity index (χ3v) is 7.48. The molecule has 0 saturated carbocycles. The zero-order valence-electron chi connectivity index (χ0n) is 25.4. The summed E-state index contributed by atoms with van der Waals surface area (Å²) >= 11 is 0. The van der Waals surface area contributed by atoms with Crippen LogP contribution >= 0.6 is 0 Å². The zero-order valence-corrected chi connectivity index (χ0v) is 25.4. The summed E-state index contributed by atoms with van der Waals surface area (Å²) in [4.78, 5) is 4.87. The van der Waals surface area contributed by atoms with Crippen LogP contribution in [0.15, 0.2) is 126 Å². The van der Waals surface area contributed by atoms with Crippen LogP contribution in [0.3, 0.4) is 0 Å². The van der Waals surface area contributed by atoms with Gasteiger partial charge < -0.3 is 0 Å². The fourth-order valence-electron chi connectivity index (χ4n) is 5.31. The summed E-state index contributed by atoms with van der Waals surface area (Å²) in [6.07, 6.45) is 26.6. The van der Waals surface area contributed by atoms with E-state index in [-0.39, 0.29) is 0 Å². The van der Waals surface area contributed by atoms with Crippen LogP contribution in [0.5, 0.6) is 0 Å². The molecule has 0 radical (unpaired) electrons. The van der Waals surface area contributed by atoms with Gasteiger partial charge in [0.05, 0.1) is 12.2 Å². The van der Waals surface area contributed by atoms with Gasteiger partial charge in [-0.3, -0.25) is 4.98 Å². The van der Waals surface area contributed by atoms with Gasteiger partial charge in [-0.1, -0.05) is 108 Å². The minimum absolute atomic E-state index is 0.619. The van der Waals surface area contributed by atoms with Crippen LogP contribution in [0.4, 0.5) is 0 Å². The average molecular weight is 565 g/mol. The lowest BCUT2D eigenvalue weighted by Crippen LogP contribution is -2.25. The molecule has 0 atom stereocenters. The van der Waals surface area contributed by atoms with E-state index in [0.29, 0.717) is 6.54 Å². The van der Waals surface area contributed by atoms with Gasteiger partial charge in [-0.05, 0) is 97.9 Å². The Morgan fingerprint density at radius 2 is 1.67 bits per heavy atom. The topological polar surface area (TPSA) is 43.6 Å². The lowest BCUT2D eigenvalue weighted by molar-refractivity contribution is 0.654. The predicted molar refractivity (Wildman–Crippen MR) is 181 cm³/mol. The van der Waals surface area contributed by atoms with E-state index in [1.807, 2.05) is 35.9 Å². The molecule has 5 rings (SSSR count). The van der Waals surface area contributed by atoms with Gasteiger partial charge in [-0.25, -0.2) is 4.68 Å². The Balaban J connectivity index is 1.56. The van der Waals surface area contributed by atoms with Gasteiger partial charge in [0.2, 0.25) is 0 Å². The van der Waals surface area contributed by atoms with Crippen molar-refractivity contribution in [2.24, 2.45) is 0 Å². The molecule has 2 aromatic heterocycles. The van der Waals surface area contributed by atoms with Crippen molar-refractivity contribution >= 4 is 12.2 Å². The van der Waals surface area contributed by atoms with Crippen molar-refractivity contribution in [2.75, 3.05) is 0 Å². The largest absolute Gasteiger partial charge is 0.251 e. The number of pyridine rings is 1. The third kappa shape index (κ3) is 7.72. The Morgan fingerprint density at radius 3 is 2.49 bits per heavy atom. The van der Waals surface area contributed by atoms with Crippen molar-refractivity contribution in [1.29, 1.82) is 0 Å². The summed E-state index contributed by atoms with van der Waals surface area (Å²) < 4.78 is 1.97. The molecule has 216 valence electrons. The molecule has 1 aliphatic carbocycles. The predicted octanol–water partition coefficient (Wildman–Crippen LogP) is 8.06. The number of hydrogen-bond acceptors (Lipinski definition) is 3. The number of fused-ring (bicyclic) bond motifs is 1. The Labute approximate surface area is 255 Å². The minimum atomic E-state index is 0.619. The smallest absolute Gasteiger partial charge is 0.122 e. The van der Waals surface area contributed by atoms with Crippen LogP contribution in [-0.4, -0.2) is 20.0 Å². The van der Waals surface area contributed by atoms with E-state index in [9.17, 15) is 0 Å². The molecular weight excluding hydrogens is 524 g/mol. The highest BCUT2D eigenvalue weighted by molar-refractivity contribution is 5.77. The number of aryl methyl sites for hydroxylation is 1. The maximum atomic E-state index is 4.87. The van der Waals surface area contributed by atoms with E-state index >= 15 is 0 Å². The standard InChI is InChI=1S/C39H40N4/c1-4-6-7-8-9-13-21-32(17-5-2)34-23-15-14-22-33-25-26-35(28-36(33)27-34)38-39(37-24-16-18-30(3)40-37)43(42-41-38)29-31-19-11-10-12-20-31/h4-6,10-12,14-28H,7-9,13,29H2,1-3H3/b6-4+,15-14+,17-5-,22-14?,23-15?,32-21+,33-22+,34-23+,34-27?,36-27-. The van der Waals surface area contributed by atoms with E-state index < -0.39 is 0 Å². The summed E-state index contributed by atoms with van der Waals surface area (Å²) in [6.45, 7) is 6.80. The second kappa shape index (κ2) is 14.9. The molecule has 0 amide bonds. The maximum absolute atomic E-state index is 4.87. The van der Waals surface area contributed by atoms with Crippen molar-refractivity contribution in [3.8, 4) is 22.6 Å². The Kier molecular flexibility index (Phi) is 10.3. The fourth-order valence-corrected chi connectivity index (χ4v) is 5.31. The highest BCUT2D eigenvalue weighted by Crippen LogP contribution is 2.29. The van der Waals surface area contributed by atoms with E-state index in [1.165, 1.54) is 34.8 Å². The van der Waals surface area contributed by atoms with E-state index in [4.69, 9.17) is 10.1 Å². The average Bonchev–Trinajstić information content (AvgIpc) is 3.42. The second-order valence-electron chi connectivity index (χ2n) is 10.8. The molecule has 4 aromatic rings. The SMILES string of the molecule is C\C=C/C(=C\CCCC/C=C/C)C1=C/C=C/C=c2\ccc(-c3nnn(Cc4ccccc4)c3-c3cccc(C)n3)c\c2=C\1. The Bertz CT molecular complexity index is 1810. The molecule has 2 heterocycles. The lowest BCUT2D eigenvalue weighted by atomic mass is 9.98. The third-order valence-electron chi connectivity index (χ3n) is 7.48. The van der Waals surface area contributed by atoms with Crippen molar-refractivity contribution < 1.29 is 0 Å². The number of aromatic nitrogens is 4. The highest BCUT2D eigenvalue weighted by Gasteiger charge is 2.18. The van der Waals surface area contributed by atoms with Crippen molar-refractivity contribution in [3.05, 3.63) is 148 Å². The summed E-state index contributed by atoms with van der Waals surface area (Å²) in [6, 6.07) is 23.0. The molecule has 0 spiro atoms. The molecule has 0 fully saturated rings. The molecule has 43 heavy (non-hydrogen) atoms. The monoisotopic (exact) mass is 564 g/mol. The van der Waals surface area contributed by atoms with Crippen LogP contribution in [0.1, 0.15) is 50.8 Å². The van der Waals surface area contributed by atoms with E-state index in [2.05, 4.69) is 122 Å². The van der Waals surface area contributed by atoms with Crippen LogP contribution in [0.2, 0.25) is 0 Å². The number of unbranched alkanes of at least 4 members (excludes halogenated alkanes) is 3. The summed E-state index contributed by atoms with van der Waals surface area (Å²) in [5, 5.41) is 11.7.